The van der Waals surface area contributed by atoms with E-state index in [2.05, 4.69) is 10.6 Å². The van der Waals surface area contributed by atoms with Crippen molar-refractivity contribution >= 4 is 23.6 Å². The van der Waals surface area contributed by atoms with Gasteiger partial charge in [-0.1, -0.05) is 42.5 Å². The van der Waals surface area contributed by atoms with Crippen molar-refractivity contribution in [3.8, 4) is 0 Å². The molecule has 2 amide bonds. The maximum atomic E-state index is 12.3. The number of amides is 2. The number of rotatable bonds is 6. The van der Waals surface area contributed by atoms with Crippen LogP contribution < -0.4 is 10.6 Å². The Balaban J connectivity index is 2.19. The lowest BCUT2D eigenvalue weighted by Gasteiger charge is -2.10. The predicted octanol–water partition coefficient (Wildman–Crippen LogP) is 2.39. The van der Waals surface area contributed by atoms with E-state index >= 15 is 0 Å². The maximum absolute atomic E-state index is 12.3. The Morgan fingerprint density at radius 3 is 2.48 bits per heavy atom. The topological polar surface area (TPSA) is 101 Å². The van der Waals surface area contributed by atoms with Crippen molar-refractivity contribution in [2.75, 3.05) is 0 Å². The summed E-state index contributed by atoms with van der Waals surface area (Å²) in [7, 11) is 0. The molecule has 0 aliphatic carbocycles. The zero-order valence-corrected chi connectivity index (χ0v) is 13.6. The third-order valence-electron chi connectivity index (χ3n) is 3.24. The Kier molecular flexibility index (Phi) is 6.00. The molecule has 0 atom stereocenters. The molecule has 0 aliphatic heterocycles. The molecule has 0 spiro atoms. The molecule has 25 heavy (non-hydrogen) atoms. The van der Waals surface area contributed by atoms with Gasteiger partial charge in [0.15, 0.2) is 0 Å². The van der Waals surface area contributed by atoms with E-state index in [9.17, 15) is 19.7 Å². The lowest BCUT2D eigenvalue weighted by atomic mass is 10.1. The normalized spacial score (nSPS) is 10.8. The highest BCUT2D eigenvalue weighted by molar-refractivity contribution is 6.00. The van der Waals surface area contributed by atoms with Crippen molar-refractivity contribution in [2.45, 2.75) is 13.5 Å². The summed E-state index contributed by atoms with van der Waals surface area (Å²) in [6.07, 6.45) is 1.40. The van der Waals surface area contributed by atoms with Gasteiger partial charge in [0.05, 0.1) is 4.92 Å². The van der Waals surface area contributed by atoms with Crippen molar-refractivity contribution in [3.63, 3.8) is 0 Å². The Hall–Kier alpha value is -3.48. The van der Waals surface area contributed by atoms with Crippen LogP contribution in [0.25, 0.3) is 6.08 Å². The lowest BCUT2D eigenvalue weighted by Crippen LogP contribution is -2.33. The quantitative estimate of drug-likeness (QED) is 0.479. The third kappa shape index (κ3) is 5.58. The van der Waals surface area contributed by atoms with E-state index in [1.165, 1.54) is 31.2 Å². The molecule has 128 valence electrons. The molecule has 0 saturated carbocycles. The van der Waals surface area contributed by atoms with Crippen molar-refractivity contribution in [2.24, 2.45) is 0 Å². The molecule has 0 aliphatic rings. The number of hydrogen-bond acceptors (Lipinski definition) is 4. The second-order valence-corrected chi connectivity index (χ2v) is 5.26. The monoisotopic (exact) mass is 339 g/mol. The van der Waals surface area contributed by atoms with Crippen molar-refractivity contribution in [3.05, 3.63) is 81.5 Å². The van der Waals surface area contributed by atoms with Gasteiger partial charge in [0.1, 0.15) is 5.70 Å². The zero-order chi connectivity index (χ0) is 18.2. The first-order chi connectivity index (χ1) is 12.0. The van der Waals surface area contributed by atoms with E-state index in [4.69, 9.17) is 0 Å². The highest BCUT2D eigenvalue weighted by Gasteiger charge is 2.12. The smallest absolute Gasteiger partial charge is 0.270 e. The fourth-order valence-corrected chi connectivity index (χ4v) is 2.12. The minimum Gasteiger partial charge on any atom is -0.347 e. The van der Waals surface area contributed by atoms with Gasteiger partial charge in [0.2, 0.25) is 5.91 Å². The standard InChI is InChI=1S/C18H17N3O4/c1-13(22)20-17(11-15-8-5-9-16(10-15)21(24)25)18(23)19-12-14-6-3-2-4-7-14/h2-11H,12H2,1H3,(H,19,23)(H,20,22)/b17-11+. The fourth-order valence-electron chi connectivity index (χ4n) is 2.12. The second kappa shape index (κ2) is 8.39. The van der Waals surface area contributed by atoms with Gasteiger partial charge in [-0.25, -0.2) is 0 Å². The molecule has 0 heterocycles. The van der Waals surface area contributed by atoms with Crippen molar-refractivity contribution < 1.29 is 14.5 Å². The Labute approximate surface area is 144 Å². The number of nitrogens with zero attached hydrogens (tertiary/aromatic N) is 1. The van der Waals surface area contributed by atoms with Crippen LogP contribution in [0.4, 0.5) is 5.69 Å². The molecule has 0 fully saturated rings. The minimum absolute atomic E-state index is 0.0175. The van der Waals surface area contributed by atoms with E-state index in [1.807, 2.05) is 30.3 Å². The molecular weight excluding hydrogens is 322 g/mol. The number of non-ortho nitro benzene ring substituents is 1. The summed E-state index contributed by atoms with van der Waals surface area (Å²) in [6.45, 7) is 1.58. The Bertz CT molecular complexity index is 816. The van der Waals surface area contributed by atoms with Crippen LogP contribution in [0.3, 0.4) is 0 Å². The molecule has 7 nitrogen and oxygen atoms in total. The van der Waals surface area contributed by atoms with Crippen LogP contribution in [0.2, 0.25) is 0 Å². The number of nitrogens with one attached hydrogen (secondary N) is 2. The first kappa shape index (κ1) is 17.9. The first-order valence-electron chi connectivity index (χ1n) is 7.51. The van der Waals surface area contributed by atoms with E-state index in [-0.39, 0.29) is 11.4 Å². The number of benzene rings is 2. The first-order valence-corrected chi connectivity index (χ1v) is 7.51. The molecule has 0 radical (unpaired) electrons. The van der Waals surface area contributed by atoms with E-state index < -0.39 is 16.7 Å². The van der Waals surface area contributed by atoms with Crippen LogP contribution in [0, 0.1) is 10.1 Å². The summed E-state index contributed by atoms with van der Waals surface area (Å²) < 4.78 is 0. The Morgan fingerprint density at radius 1 is 1.12 bits per heavy atom. The van der Waals surface area contributed by atoms with Crippen LogP contribution >= 0.6 is 0 Å². The van der Waals surface area contributed by atoms with Gasteiger partial charge in [-0.2, -0.15) is 0 Å². The number of nitro groups is 1. The van der Waals surface area contributed by atoms with Gasteiger partial charge in [0.25, 0.3) is 11.6 Å². The third-order valence-corrected chi connectivity index (χ3v) is 3.24. The molecule has 2 aromatic carbocycles. The molecule has 7 heteroatoms. The van der Waals surface area contributed by atoms with Crippen molar-refractivity contribution in [1.29, 1.82) is 0 Å². The van der Waals surface area contributed by atoms with Crippen LogP contribution in [-0.2, 0) is 16.1 Å². The van der Waals surface area contributed by atoms with E-state index in [0.29, 0.717) is 12.1 Å². The summed E-state index contributed by atoms with van der Waals surface area (Å²) in [5.41, 5.74) is 1.27. The second-order valence-electron chi connectivity index (χ2n) is 5.26. The Morgan fingerprint density at radius 2 is 1.84 bits per heavy atom. The van der Waals surface area contributed by atoms with E-state index in [0.717, 1.165) is 5.56 Å². The molecule has 0 unspecified atom stereocenters. The van der Waals surface area contributed by atoms with Crippen LogP contribution in [0.1, 0.15) is 18.1 Å². The van der Waals surface area contributed by atoms with Gasteiger partial charge >= 0.3 is 0 Å². The fraction of sp³-hybridized carbons (Fsp3) is 0.111. The molecule has 0 bridgehead atoms. The highest BCUT2D eigenvalue weighted by Crippen LogP contribution is 2.15. The average Bonchev–Trinajstić information content (AvgIpc) is 2.60. The molecule has 2 N–H and O–H groups in total. The van der Waals surface area contributed by atoms with Gasteiger partial charge < -0.3 is 10.6 Å². The van der Waals surface area contributed by atoms with Crippen LogP contribution in [0.5, 0.6) is 0 Å². The van der Waals surface area contributed by atoms with Gasteiger partial charge in [-0.3, -0.25) is 19.7 Å². The van der Waals surface area contributed by atoms with Gasteiger partial charge in [-0.05, 0) is 17.2 Å². The number of carbonyl (C=O) groups is 2. The number of carbonyl (C=O) groups excluding carboxylic acids is 2. The maximum Gasteiger partial charge on any atom is 0.270 e. The molecular formula is C18H17N3O4. The predicted molar refractivity (Wildman–Crippen MR) is 93.2 cm³/mol. The lowest BCUT2D eigenvalue weighted by molar-refractivity contribution is -0.384. The molecule has 2 aromatic rings. The van der Waals surface area contributed by atoms with Crippen LogP contribution in [-0.4, -0.2) is 16.7 Å². The van der Waals surface area contributed by atoms with E-state index in [1.54, 1.807) is 6.07 Å². The summed E-state index contributed by atoms with van der Waals surface area (Å²) in [5, 5.41) is 16.0. The average molecular weight is 339 g/mol. The van der Waals surface area contributed by atoms with Gasteiger partial charge in [0, 0.05) is 25.6 Å². The number of nitro benzene ring substituents is 1. The minimum atomic E-state index is -0.523. The molecule has 0 aromatic heterocycles. The molecule has 0 saturated heterocycles. The van der Waals surface area contributed by atoms with Crippen molar-refractivity contribution in [1.82, 2.24) is 10.6 Å². The van der Waals surface area contributed by atoms with Crippen LogP contribution in [0.15, 0.2) is 60.3 Å². The summed E-state index contributed by atoms with van der Waals surface area (Å²) >= 11 is 0. The summed E-state index contributed by atoms with van der Waals surface area (Å²) in [6, 6.07) is 15.1. The zero-order valence-electron chi connectivity index (χ0n) is 13.6. The van der Waals surface area contributed by atoms with Gasteiger partial charge in [-0.15, -0.1) is 0 Å². The summed E-state index contributed by atoms with van der Waals surface area (Å²) in [5.74, 6) is -0.892. The SMILES string of the molecule is CC(=O)N/C(=C/c1cccc([N+](=O)[O-])c1)C(=O)NCc1ccccc1. The highest BCUT2D eigenvalue weighted by atomic mass is 16.6. The largest absolute Gasteiger partial charge is 0.347 e. The molecule has 2 rings (SSSR count). The summed E-state index contributed by atoms with van der Waals surface area (Å²) in [4.78, 5) is 34.0. The number of hydrogen-bond donors (Lipinski definition) is 2.